The molecule has 0 bridgehead atoms. The zero-order chi connectivity index (χ0) is 19.3. The summed E-state index contributed by atoms with van der Waals surface area (Å²) in [6, 6.07) is 5.97. The van der Waals surface area contributed by atoms with Crippen molar-refractivity contribution in [3.8, 4) is 0 Å². The van der Waals surface area contributed by atoms with E-state index >= 15 is 0 Å². The minimum absolute atomic E-state index is 0.0284. The molecule has 2 rings (SSSR count). The molecule has 0 saturated carbocycles. The second-order valence-electron chi connectivity index (χ2n) is 5.64. The van der Waals surface area contributed by atoms with E-state index in [0.717, 1.165) is 6.42 Å². The number of aliphatic hydroxyl groups is 1. The predicted octanol–water partition coefficient (Wildman–Crippen LogP) is 2.57. The molecule has 0 fully saturated rings. The largest absolute Gasteiger partial charge is 0.374 e. The van der Waals surface area contributed by atoms with Gasteiger partial charge in [-0.05, 0) is 53.0 Å². The smallest absolute Gasteiger partial charge is 0.238 e. The fraction of sp³-hybridized carbons (Fsp3) is 0.375. The number of nitrogens with two attached hydrogens (primary N) is 1. The van der Waals surface area contributed by atoms with Crippen molar-refractivity contribution < 1.29 is 13.5 Å². The number of rotatable bonds is 8. The molecule has 0 aliphatic heterocycles. The molecule has 0 aliphatic carbocycles. The zero-order valence-electron chi connectivity index (χ0n) is 14.6. The topological polar surface area (TPSA) is 121 Å². The molecule has 0 aliphatic rings. The van der Waals surface area contributed by atoms with Gasteiger partial charge in [-0.15, -0.1) is 0 Å². The van der Waals surface area contributed by atoms with E-state index in [1.54, 1.807) is 23.2 Å². The van der Waals surface area contributed by atoms with Gasteiger partial charge in [0, 0.05) is 18.4 Å². The summed E-state index contributed by atoms with van der Waals surface area (Å²) in [4.78, 5) is 10.5. The predicted molar refractivity (Wildman–Crippen MR) is 105 cm³/mol. The van der Waals surface area contributed by atoms with Crippen LogP contribution in [0.15, 0.2) is 39.8 Å². The van der Waals surface area contributed by atoms with Gasteiger partial charge in [-0.25, -0.2) is 18.5 Å². The number of sulfonamides is 1. The number of aromatic nitrogens is 2. The molecule has 1 aromatic carbocycles. The van der Waals surface area contributed by atoms with Gasteiger partial charge in [0.2, 0.25) is 16.0 Å². The van der Waals surface area contributed by atoms with Crippen LogP contribution in [0.1, 0.15) is 26.7 Å². The molecule has 1 unspecified atom stereocenters. The third-order valence-corrected chi connectivity index (χ3v) is 5.11. The number of benzene rings is 1. The van der Waals surface area contributed by atoms with Gasteiger partial charge in [0.25, 0.3) is 0 Å². The molecule has 1 aromatic heterocycles. The molecule has 26 heavy (non-hydrogen) atoms. The van der Waals surface area contributed by atoms with Crippen molar-refractivity contribution in [3.63, 3.8) is 0 Å². The SMILES string of the molecule is CCCN(c1nc(Nc2ccc(S(N)(=O)=O)cc2)ncc1Br)C(O)CC. The van der Waals surface area contributed by atoms with Crippen molar-refractivity contribution in [1.82, 2.24) is 9.97 Å². The van der Waals surface area contributed by atoms with E-state index in [1.165, 1.54) is 12.1 Å². The maximum atomic E-state index is 11.3. The number of nitrogens with zero attached hydrogens (tertiary/aromatic N) is 3. The van der Waals surface area contributed by atoms with Crippen LogP contribution in [-0.4, -0.2) is 36.3 Å². The minimum Gasteiger partial charge on any atom is -0.374 e. The van der Waals surface area contributed by atoms with Gasteiger partial charge in [-0.2, -0.15) is 4.98 Å². The number of halogens is 1. The first kappa shape index (κ1) is 20.6. The van der Waals surface area contributed by atoms with Crippen molar-refractivity contribution in [3.05, 3.63) is 34.9 Å². The zero-order valence-corrected chi connectivity index (χ0v) is 17.0. The van der Waals surface area contributed by atoms with Crippen LogP contribution >= 0.6 is 15.9 Å². The first-order valence-corrected chi connectivity index (χ1v) is 10.5. The molecule has 8 nitrogen and oxygen atoms in total. The number of primary sulfonamides is 1. The van der Waals surface area contributed by atoms with Crippen molar-refractivity contribution in [2.24, 2.45) is 5.14 Å². The number of anilines is 3. The normalized spacial score (nSPS) is 12.7. The summed E-state index contributed by atoms with van der Waals surface area (Å²) < 4.78 is 23.3. The second-order valence-corrected chi connectivity index (χ2v) is 8.06. The average Bonchev–Trinajstić information content (AvgIpc) is 2.60. The van der Waals surface area contributed by atoms with Gasteiger partial charge >= 0.3 is 0 Å². The Morgan fingerprint density at radius 1 is 1.31 bits per heavy atom. The van der Waals surface area contributed by atoms with E-state index in [9.17, 15) is 13.5 Å². The highest BCUT2D eigenvalue weighted by atomic mass is 79.9. The average molecular weight is 444 g/mol. The third-order valence-electron chi connectivity index (χ3n) is 3.63. The Bertz CT molecular complexity index is 845. The minimum atomic E-state index is -3.73. The summed E-state index contributed by atoms with van der Waals surface area (Å²) in [5.41, 5.74) is 0.615. The summed E-state index contributed by atoms with van der Waals surface area (Å²) >= 11 is 3.43. The van der Waals surface area contributed by atoms with E-state index in [4.69, 9.17) is 5.14 Å². The maximum absolute atomic E-state index is 11.3. The van der Waals surface area contributed by atoms with Crippen molar-refractivity contribution >= 4 is 43.4 Å². The Labute approximate surface area is 161 Å². The van der Waals surface area contributed by atoms with Crippen LogP contribution in [0.2, 0.25) is 0 Å². The van der Waals surface area contributed by atoms with Gasteiger partial charge in [0.1, 0.15) is 6.23 Å². The Morgan fingerprint density at radius 3 is 2.50 bits per heavy atom. The second kappa shape index (κ2) is 8.76. The van der Waals surface area contributed by atoms with Gasteiger partial charge in [-0.3, -0.25) is 0 Å². The van der Waals surface area contributed by atoms with Crippen molar-refractivity contribution in [2.45, 2.75) is 37.8 Å². The standard InChI is InChI=1S/C16H22BrN5O3S/c1-3-9-22(14(23)4-2)15-13(17)10-19-16(21-15)20-11-5-7-12(8-6-11)26(18,24)25/h5-8,10,14,23H,3-4,9H2,1-2H3,(H2,18,24,25)(H,19,20,21). The van der Waals surface area contributed by atoms with Gasteiger partial charge in [0.15, 0.2) is 5.82 Å². The Kier molecular flexibility index (Phi) is 6.93. The molecule has 4 N–H and O–H groups in total. The number of nitrogens with one attached hydrogen (secondary N) is 1. The van der Waals surface area contributed by atoms with E-state index in [0.29, 0.717) is 34.9 Å². The number of hydrogen-bond acceptors (Lipinski definition) is 7. The highest BCUT2D eigenvalue weighted by Crippen LogP contribution is 2.27. The summed E-state index contributed by atoms with van der Waals surface area (Å²) in [6.07, 6.45) is 2.37. The summed E-state index contributed by atoms with van der Waals surface area (Å²) in [5.74, 6) is 0.913. The lowest BCUT2D eigenvalue weighted by Crippen LogP contribution is -2.36. The quantitative estimate of drug-likeness (QED) is 0.535. The van der Waals surface area contributed by atoms with Crippen LogP contribution in [0.25, 0.3) is 0 Å². The highest BCUT2D eigenvalue weighted by molar-refractivity contribution is 9.10. The Balaban J connectivity index is 2.28. The van der Waals surface area contributed by atoms with Crippen LogP contribution in [0.3, 0.4) is 0 Å². The van der Waals surface area contributed by atoms with Gasteiger partial charge < -0.3 is 15.3 Å². The molecule has 0 spiro atoms. The highest BCUT2D eigenvalue weighted by Gasteiger charge is 2.19. The Morgan fingerprint density at radius 2 is 1.96 bits per heavy atom. The summed E-state index contributed by atoms with van der Waals surface area (Å²) in [6.45, 7) is 4.57. The molecule has 0 radical (unpaired) electrons. The lowest BCUT2D eigenvalue weighted by atomic mass is 10.3. The first-order chi connectivity index (χ1) is 12.3. The number of hydrogen-bond donors (Lipinski definition) is 3. The van der Waals surface area contributed by atoms with Crippen LogP contribution < -0.4 is 15.4 Å². The molecule has 0 saturated heterocycles. The van der Waals surface area contributed by atoms with Gasteiger partial charge in [-0.1, -0.05) is 13.8 Å². The van der Waals surface area contributed by atoms with Crippen LogP contribution in [0.5, 0.6) is 0 Å². The third kappa shape index (κ3) is 5.13. The molecule has 0 amide bonds. The molecule has 142 valence electrons. The maximum Gasteiger partial charge on any atom is 0.238 e. The van der Waals surface area contributed by atoms with Crippen LogP contribution in [-0.2, 0) is 10.0 Å². The Hall–Kier alpha value is -1.75. The van der Waals surface area contributed by atoms with E-state index in [1.807, 2.05) is 13.8 Å². The first-order valence-electron chi connectivity index (χ1n) is 8.13. The van der Waals surface area contributed by atoms with E-state index < -0.39 is 16.3 Å². The molecule has 10 heteroatoms. The molecule has 1 atom stereocenters. The van der Waals surface area contributed by atoms with Gasteiger partial charge in [0.05, 0.1) is 9.37 Å². The van der Waals surface area contributed by atoms with Crippen LogP contribution in [0.4, 0.5) is 17.5 Å². The van der Waals surface area contributed by atoms with E-state index in [2.05, 4.69) is 31.2 Å². The van der Waals surface area contributed by atoms with Crippen molar-refractivity contribution in [2.75, 3.05) is 16.8 Å². The monoisotopic (exact) mass is 443 g/mol. The van der Waals surface area contributed by atoms with Crippen LogP contribution in [0, 0.1) is 0 Å². The fourth-order valence-corrected chi connectivity index (χ4v) is 3.27. The number of aliphatic hydroxyl groups excluding tert-OH is 1. The van der Waals surface area contributed by atoms with Crippen molar-refractivity contribution in [1.29, 1.82) is 0 Å². The lowest BCUT2D eigenvalue weighted by molar-refractivity contribution is 0.163. The lowest BCUT2D eigenvalue weighted by Gasteiger charge is -2.29. The molecular formula is C16H22BrN5O3S. The van der Waals surface area contributed by atoms with E-state index in [-0.39, 0.29) is 4.90 Å². The summed E-state index contributed by atoms with van der Waals surface area (Å²) in [5, 5.41) is 18.4. The molecule has 1 heterocycles. The molecular weight excluding hydrogens is 422 g/mol. The fourth-order valence-electron chi connectivity index (χ4n) is 2.33. The molecule has 2 aromatic rings. The summed E-state index contributed by atoms with van der Waals surface area (Å²) in [7, 11) is -3.73.